The molecule has 116 valence electrons. The van der Waals surface area contributed by atoms with Gasteiger partial charge >= 0.3 is 5.97 Å². The molecule has 0 bridgehead atoms. The Morgan fingerprint density at radius 1 is 1.29 bits per heavy atom. The summed E-state index contributed by atoms with van der Waals surface area (Å²) in [5.41, 5.74) is 0.972. The number of carboxylic acids is 1. The van der Waals surface area contributed by atoms with Gasteiger partial charge in [-0.25, -0.2) is 14.8 Å². The molecule has 1 atom stereocenters. The molecular formula is C15H23N3O3. The molecule has 1 heterocycles. The van der Waals surface area contributed by atoms with Crippen molar-refractivity contribution in [3.8, 4) is 0 Å². The Morgan fingerprint density at radius 3 is 2.38 bits per heavy atom. The average molecular weight is 293 g/mol. The van der Waals surface area contributed by atoms with E-state index < -0.39 is 17.9 Å². The lowest BCUT2D eigenvalue weighted by molar-refractivity contribution is -0.139. The van der Waals surface area contributed by atoms with Crippen LogP contribution in [-0.4, -0.2) is 33.0 Å². The predicted octanol–water partition coefficient (Wildman–Crippen LogP) is 2.14. The smallest absolute Gasteiger partial charge is 0.326 e. The normalized spacial score (nSPS) is 12.5. The monoisotopic (exact) mass is 293 g/mol. The van der Waals surface area contributed by atoms with E-state index >= 15 is 0 Å². The van der Waals surface area contributed by atoms with E-state index in [2.05, 4.69) is 15.3 Å². The Hall–Kier alpha value is -1.98. The molecule has 0 radical (unpaired) electrons. The molecule has 0 aromatic carbocycles. The van der Waals surface area contributed by atoms with Crippen LogP contribution in [0.2, 0.25) is 0 Å². The average Bonchev–Trinajstić information content (AvgIpc) is 2.36. The van der Waals surface area contributed by atoms with Crippen LogP contribution in [0.5, 0.6) is 0 Å². The van der Waals surface area contributed by atoms with Crippen LogP contribution in [0, 0.1) is 12.8 Å². The lowest BCUT2D eigenvalue weighted by Crippen LogP contribution is -2.42. The number of nitrogens with zero attached hydrogens (tertiary/aromatic N) is 2. The number of amides is 1. The second kappa shape index (κ2) is 7.15. The number of nitrogens with one attached hydrogen (secondary N) is 1. The summed E-state index contributed by atoms with van der Waals surface area (Å²) >= 11 is 0. The van der Waals surface area contributed by atoms with Gasteiger partial charge in [0.2, 0.25) is 0 Å². The lowest BCUT2D eigenvalue weighted by Gasteiger charge is -2.18. The van der Waals surface area contributed by atoms with Crippen molar-refractivity contribution in [3.63, 3.8) is 0 Å². The number of aryl methyl sites for hydroxylation is 1. The first-order chi connectivity index (χ1) is 9.72. The molecule has 0 unspecified atom stereocenters. The van der Waals surface area contributed by atoms with E-state index in [1.54, 1.807) is 6.92 Å². The van der Waals surface area contributed by atoms with Crippen LogP contribution in [0.25, 0.3) is 0 Å². The van der Waals surface area contributed by atoms with Gasteiger partial charge in [-0.2, -0.15) is 0 Å². The van der Waals surface area contributed by atoms with Crippen molar-refractivity contribution in [2.45, 2.75) is 53.0 Å². The Morgan fingerprint density at radius 2 is 1.90 bits per heavy atom. The summed E-state index contributed by atoms with van der Waals surface area (Å²) in [6.07, 6.45) is 1.84. The number of rotatable bonds is 6. The molecule has 0 spiro atoms. The van der Waals surface area contributed by atoms with Crippen LogP contribution in [-0.2, 0) is 4.79 Å². The van der Waals surface area contributed by atoms with Crippen molar-refractivity contribution >= 4 is 11.9 Å². The Kier molecular flexibility index (Phi) is 5.81. The number of carbonyl (C=O) groups excluding carboxylic acids is 1. The molecule has 1 aromatic rings. The minimum absolute atomic E-state index is 0.0563. The Balaban J connectivity index is 3.00. The SMILES string of the molecule is Cc1ncc(C(=O)N[C@H](CC(C)C)C(=O)O)c(C(C)C)n1. The van der Waals surface area contributed by atoms with Gasteiger partial charge < -0.3 is 10.4 Å². The summed E-state index contributed by atoms with van der Waals surface area (Å²) in [6.45, 7) is 9.45. The number of hydrogen-bond acceptors (Lipinski definition) is 4. The summed E-state index contributed by atoms with van der Waals surface area (Å²) in [5.74, 6) is -0.652. The predicted molar refractivity (Wildman–Crippen MR) is 79.2 cm³/mol. The van der Waals surface area contributed by atoms with E-state index in [1.165, 1.54) is 6.20 Å². The summed E-state index contributed by atoms with van der Waals surface area (Å²) in [7, 11) is 0. The first-order valence-electron chi connectivity index (χ1n) is 7.09. The Bertz CT molecular complexity index is 527. The van der Waals surface area contributed by atoms with Crippen molar-refractivity contribution in [2.24, 2.45) is 5.92 Å². The van der Waals surface area contributed by atoms with Crippen molar-refractivity contribution in [3.05, 3.63) is 23.3 Å². The van der Waals surface area contributed by atoms with Crippen LogP contribution in [0.15, 0.2) is 6.20 Å². The molecule has 1 aromatic heterocycles. The Labute approximate surface area is 125 Å². The number of hydrogen-bond donors (Lipinski definition) is 2. The highest BCUT2D eigenvalue weighted by atomic mass is 16.4. The second-order valence-electron chi connectivity index (χ2n) is 5.86. The zero-order valence-corrected chi connectivity index (χ0v) is 13.2. The topological polar surface area (TPSA) is 92.2 Å². The number of carbonyl (C=O) groups is 2. The molecule has 0 saturated carbocycles. The van der Waals surface area contributed by atoms with Gasteiger partial charge in [0.1, 0.15) is 11.9 Å². The van der Waals surface area contributed by atoms with Crippen LogP contribution in [0.4, 0.5) is 0 Å². The van der Waals surface area contributed by atoms with Crippen molar-refractivity contribution in [1.82, 2.24) is 15.3 Å². The van der Waals surface area contributed by atoms with Gasteiger partial charge in [0, 0.05) is 6.20 Å². The first kappa shape index (κ1) is 17.1. The van der Waals surface area contributed by atoms with Gasteiger partial charge in [-0.05, 0) is 25.2 Å². The van der Waals surface area contributed by atoms with Gasteiger partial charge in [-0.3, -0.25) is 4.79 Å². The number of aromatic nitrogens is 2. The van der Waals surface area contributed by atoms with E-state index in [-0.39, 0.29) is 11.8 Å². The standard InChI is InChI=1S/C15H23N3O3/c1-8(2)6-12(15(20)21)18-14(19)11-7-16-10(5)17-13(11)9(3)4/h7-9,12H,6H2,1-5H3,(H,18,19)(H,20,21)/t12-/m1/s1. The maximum absolute atomic E-state index is 12.3. The van der Waals surface area contributed by atoms with Gasteiger partial charge in [0.15, 0.2) is 0 Å². The fraction of sp³-hybridized carbons (Fsp3) is 0.600. The first-order valence-corrected chi connectivity index (χ1v) is 7.09. The minimum Gasteiger partial charge on any atom is -0.480 e. The van der Waals surface area contributed by atoms with E-state index in [9.17, 15) is 14.7 Å². The van der Waals surface area contributed by atoms with Gasteiger partial charge in [0.05, 0.1) is 11.3 Å². The van der Waals surface area contributed by atoms with Crippen molar-refractivity contribution < 1.29 is 14.7 Å². The van der Waals surface area contributed by atoms with E-state index in [0.717, 1.165) is 0 Å². The van der Waals surface area contributed by atoms with Gasteiger partial charge in [-0.15, -0.1) is 0 Å². The number of aliphatic carboxylic acids is 1. The molecule has 1 rings (SSSR count). The molecule has 2 N–H and O–H groups in total. The van der Waals surface area contributed by atoms with Crippen molar-refractivity contribution in [2.75, 3.05) is 0 Å². The summed E-state index contributed by atoms with van der Waals surface area (Å²) in [5, 5.41) is 11.8. The molecule has 0 aliphatic carbocycles. The molecule has 6 nitrogen and oxygen atoms in total. The van der Waals surface area contributed by atoms with E-state index in [0.29, 0.717) is 23.5 Å². The van der Waals surface area contributed by atoms with E-state index in [4.69, 9.17) is 0 Å². The molecule has 21 heavy (non-hydrogen) atoms. The van der Waals surface area contributed by atoms with Crippen LogP contribution in [0.3, 0.4) is 0 Å². The highest BCUT2D eigenvalue weighted by Crippen LogP contribution is 2.17. The molecule has 0 saturated heterocycles. The van der Waals surface area contributed by atoms with Gasteiger partial charge in [0.25, 0.3) is 5.91 Å². The fourth-order valence-electron chi connectivity index (χ4n) is 2.03. The summed E-state index contributed by atoms with van der Waals surface area (Å²) < 4.78 is 0. The highest BCUT2D eigenvalue weighted by Gasteiger charge is 2.24. The lowest BCUT2D eigenvalue weighted by atomic mass is 10.0. The highest BCUT2D eigenvalue weighted by molar-refractivity contribution is 5.97. The molecule has 1 amide bonds. The third-order valence-electron chi connectivity index (χ3n) is 3.04. The molecular weight excluding hydrogens is 270 g/mol. The minimum atomic E-state index is -1.03. The maximum atomic E-state index is 12.3. The third kappa shape index (κ3) is 4.81. The van der Waals surface area contributed by atoms with Crippen LogP contribution < -0.4 is 5.32 Å². The van der Waals surface area contributed by atoms with Crippen molar-refractivity contribution in [1.29, 1.82) is 0 Å². The molecule has 0 aliphatic heterocycles. The van der Waals surface area contributed by atoms with Crippen LogP contribution in [0.1, 0.15) is 61.9 Å². The van der Waals surface area contributed by atoms with Gasteiger partial charge in [-0.1, -0.05) is 27.7 Å². The molecule has 0 aliphatic rings. The molecule has 0 fully saturated rings. The summed E-state index contributed by atoms with van der Waals surface area (Å²) in [4.78, 5) is 31.9. The largest absolute Gasteiger partial charge is 0.480 e. The van der Waals surface area contributed by atoms with Crippen LogP contribution >= 0.6 is 0 Å². The zero-order chi connectivity index (χ0) is 16.2. The number of carboxylic acid groups (broad SMARTS) is 1. The summed E-state index contributed by atoms with van der Waals surface area (Å²) in [6, 6.07) is -0.904. The third-order valence-corrected chi connectivity index (χ3v) is 3.04. The zero-order valence-electron chi connectivity index (χ0n) is 13.2. The second-order valence-corrected chi connectivity index (χ2v) is 5.86. The van der Waals surface area contributed by atoms with E-state index in [1.807, 2.05) is 27.7 Å². The maximum Gasteiger partial charge on any atom is 0.326 e. The quantitative estimate of drug-likeness (QED) is 0.838. The fourth-order valence-corrected chi connectivity index (χ4v) is 2.03. The molecule has 6 heteroatoms.